The van der Waals surface area contributed by atoms with Crippen LogP contribution in [-0.2, 0) is 27.3 Å². The normalized spacial score (nSPS) is 22.7. The van der Waals surface area contributed by atoms with E-state index in [1.165, 1.54) is 0 Å². The maximum absolute atomic E-state index is 12.7. The van der Waals surface area contributed by atoms with Crippen LogP contribution in [0, 0.1) is 0 Å². The number of fused-ring (bicyclic) bond motifs is 2. The second-order valence-corrected chi connectivity index (χ2v) is 8.95. The first-order chi connectivity index (χ1) is 14.2. The third kappa shape index (κ3) is 4.13. The van der Waals surface area contributed by atoms with Crippen LogP contribution in [0.15, 0.2) is 54.6 Å². The summed E-state index contributed by atoms with van der Waals surface area (Å²) in [6.07, 6.45) is 0.153. The molecule has 0 aromatic heterocycles. The highest BCUT2D eigenvalue weighted by molar-refractivity contribution is 5.89. The molecular formula is C24H27NO5. The number of benzene rings is 2. The van der Waals surface area contributed by atoms with Gasteiger partial charge >= 0.3 is 12.1 Å². The van der Waals surface area contributed by atoms with E-state index in [-0.39, 0.29) is 12.1 Å². The Labute approximate surface area is 176 Å². The minimum absolute atomic E-state index is 0.265. The summed E-state index contributed by atoms with van der Waals surface area (Å²) < 4.78 is 16.8. The maximum Gasteiger partial charge on any atom is 0.411 e. The summed E-state index contributed by atoms with van der Waals surface area (Å²) in [6, 6.07) is 17.6. The number of nitrogens with zero attached hydrogens (tertiary/aromatic N) is 1. The topological polar surface area (TPSA) is 65.1 Å². The Morgan fingerprint density at radius 1 is 1.10 bits per heavy atom. The Bertz CT molecular complexity index is 919. The van der Waals surface area contributed by atoms with E-state index in [1.807, 2.05) is 75.4 Å². The lowest BCUT2D eigenvalue weighted by Gasteiger charge is -2.37. The molecule has 2 bridgehead atoms. The van der Waals surface area contributed by atoms with E-state index in [0.29, 0.717) is 26.0 Å². The molecular weight excluding hydrogens is 382 g/mol. The van der Waals surface area contributed by atoms with Gasteiger partial charge in [-0.1, -0.05) is 42.5 Å². The van der Waals surface area contributed by atoms with Gasteiger partial charge in [0, 0.05) is 12.8 Å². The molecule has 2 aliphatic rings. The molecule has 2 aromatic rings. The quantitative estimate of drug-likeness (QED) is 0.696. The Morgan fingerprint density at radius 3 is 2.43 bits per heavy atom. The van der Waals surface area contributed by atoms with Crippen LogP contribution in [-0.4, -0.2) is 40.8 Å². The van der Waals surface area contributed by atoms with Crippen LogP contribution in [0.5, 0.6) is 5.75 Å². The van der Waals surface area contributed by atoms with Gasteiger partial charge < -0.3 is 14.2 Å². The molecule has 0 spiro atoms. The number of esters is 1. The van der Waals surface area contributed by atoms with Gasteiger partial charge in [0.15, 0.2) is 5.54 Å². The molecule has 0 radical (unpaired) electrons. The average Bonchev–Trinajstić information content (AvgIpc) is 3.21. The summed E-state index contributed by atoms with van der Waals surface area (Å²) in [5.41, 5.74) is 0.413. The number of amides is 1. The summed E-state index contributed by atoms with van der Waals surface area (Å²) >= 11 is 0. The molecule has 1 amide bonds. The molecule has 2 atom stereocenters. The van der Waals surface area contributed by atoms with E-state index >= 15 is 0 Å². The molecule has 158 valence electrons. The van der Waals surface area contributed by atoms with Crippen LogP contribution in [0.1, 0.15) is 38.3 Å². The molecule has 0 aliphatic carbocycles. The fourth-order valence-corrected chi connectivity index (χ4v) is 4.05. The predicted octanol–water partition coefficient (Wildman–Crippen LogP) is 4.11. The van der Waals surface area contributed by atoms with Gasteiger partial charge in [0.05, 0.1) is 6.54 Å². The monoisotopic (exact) mass is 409 g/mol. The van der Waals surface area contributed by atoms with Crippen molar-refractivity contribution in [2.45, 2.75) is 57.5 Å². The highest BCUT2D eigenvalue weighted by Crippen LogP contribution is 2.42. The Kier molecular flexibility index (Phi) is 5.18. The van der Waals surface area contributed by atoms with Crippen molar-refractivity contribution in [3.05, 3.63) is 65.7 Å². The summed E-state index contributed by atoms with van der Waals surface area (Å²) in [4.78, 5) is 27.0. The highest BCUT2D eigenvalue weighted by Gasteiger charge is 2.61. The third-order valence-corrected chi connectivity index (χ3v) is 5.40. The van der Waals surface area contributed by atoms with Crippen molar-refractivity contribution in [1.82, 2.24) is 4.90 Å². The van der Waals surface area contributed by atoms with Crippen molar-refractivity contribution in [1.29, 1.82) is 0 Å². The maximum atomic E-state index is 12.7. The van der Waals surface area contributed by atoms with Gasteiger partial charge in [-0.25, -0.2) is 9.59 Å². The van der Waals surface area contributed by atoms with Crippen LogP contribution in [0.2, 0.25) is 0 Å². The molecule has 2 heterocycles. The Morgan fingerprint density at radius 2 is 1.80 bits per heavy atom. The number of ether oxygens (including phenoxy) is 3. The predicted molar refractivity (Wildman–Crippen MR) is 111 cm³/mol. The zero-order chi connectivity index (χ0) is 21.4. The van der Waals surface area contributed by atoms with Gasteiger partial charge in [-0.2, -0.15) is 0 Å². The molecule has 6 nitrogen and oxygen atoms in total. The number of likely N-dealkylation sites (tertiary alicyclic amines) is 1. The standard InChI is InChI=1S/C24H27NO5/c1-23(2,3)30-22(27)25-15-20-14-24(25,21(26)29-20)13-17-9-11-19(12-10-17)28-16-18-7-5-4-6-8-18/h4-12,20H,13-16H2,1-3H3/t20-,24+/m1/s1. The lowest BCUT2D eigenvalue weighted by Crippen LogP contribution is -2.56. The zero-order valence-electron chi connectivity index (χ0n) is 17.6. The smallest absolute Gasteiger partial charge is 0.411 e. The van der Waals surface area contributed by atoms with Crippen molar-refractivity contribution in [3.63, 3.8) is 0 Å². The number of rotatable bonds is 5. The van der Waals surface area contributed by atoms with Crippen LogP contribution < -0.4 is 4.74 Å². The van der Waals surface area contributed by atoms with Crippen LogP contribution in [0.3, 0.4) is 0 Å². The fraction of sp³-hybridized carbons (Fsp3) is 0.417. The first kappa shape index (κ1) is 20.3. The van der Waals surface area contributed by atoms with Gasteiger partial charge in [0.1, 0.15) is 24.1 Å². The average molecular weight is 409 g/mol. The van der Waals surface area contributed by atoms with Crippen molar-refractivity contribution in [2.24, 2.45) is 0 Å². The van der Waals surface area contributed by atoms with Gasteiger partial charge in [-0.3, -0.25) is 4.90 Å². The van der Waals surface area contributed by atoms with Crippen molar-refractivity contribution < 1.29 is 23.8 Å². The zero-order valence-corrected chi connectivity index (χ0v) is 17.6. The van der Waals surface area contributed by atoms with Crippen LogP contribution in [0.4, 0.5) is 4.79 Å². The lowest BCUT2D eigenvalue weighted by atomic mass is 9.89. The van der Waals surface area contributed by atoms with E-state index in [2.05, 4.69) is 0 Å². The second-order valence-electron chi connectivity index (χ2n) is 8.95. The number of hydrogen-bond acceptors (Lipinski definition) is 5. The van der Waals surface area contributed by atoms with Crippen molar-refractivity contribution in [2.75, 3.05) is 6.54 Å². The van der Waals surface area contributed by atoms with Crippen LogP contribution >= 0.6 is 0 Å². The first-order valence-corrected chi connectivity index (χ1v) is 10.2. The molecule has 4 rings (SSSR count). The molecule has 2 aliphatic heterocycles. The van der Waals surface area contributed by atoms with Gasteiger partial charge in [-0.05, 0) is 44.0 Å². The largest absolute Gasteiger partial charge is 0.489 e. The summed E-state index contributed by atoms with van der Waals surface area (Å²) in [7, 11) is 0. The van der Waals surface area contributed by atoms with E-state index < -0.39 is 17.2 Å². The van der Waals surface area contributed by atoms with Crippen molar-refractivity contribution in [3.8, 4) is 5.75 Å². The van der Waals surface area contributed by atoms with Gasteiger partial charge in [0.2, 0.25) is 0 Å². The van der Waals surface area contributed by atoms with E-state index in [9.17, 15) is 9.59 Å². The molecule has 0 N–H and O–H groups in total. The molecule has 2 saturated heterocycles. The van der Waals surface area contributed by atoms with Gasteiger partial charge in [0.25, 0.3) is 0 Å². The molecule has 2 fully saturated rings. The molecule has 0 saturated carbocycles. The van der Waals surface area contributed by atoms with E-state index in [4.69, 9.17) is 14.2 Å². The number of carbonyl (C=O) groups excluding carboxylic acids is 2. The Balaban J connectivity index is 1.46. The minimum Gasteiger partial charge on any atom is -0.489 e. The lowest BCUT2D eigenvalue weighted by molar-refractivity contribution is -0.157. The highest BCUT2D eigenvalue weighted by atomic mass is 16.6. The Hall–Kier alpha value is -3.02. The van der Waals surface area contributed by atoms with Crippen molar-refractivity contribution >= 4 is 12.1 Å². The molecule has 6 heteroatoms. The third-order valence-electron chi connectivity index (χ3n) is 5.40. The van der Waals surface area contributed by atoms with E-state index in [1.54, 1.807) is 4.90 Å². The molecule has 2 aromatic carbocycles. The fourth-order valence-electron chi connectivity index (χ4n) is 4.05. The first-order valence-electron chi connectivity index (χ1n) is 10.2. The van der Waals surface area contributed by atoms with Crippen LogP contribution in [0.25, 0.3) is 0 Å². The SMILES string of the molecule is CC(C)(C)OC(=O)N1C[C@H]2C[C@@]1(Cc1ccc(OCc3ccccc3)cc1)C(=O)O2. The minimum atomic E-state index is -1.00. The second kappa shape index (κ2) is 7.67. The summed E-state index contributed by atoms with van der Waals surface area (Å²) in [5, 5.41) is 0. The van der Waals surface area contributed by atoms with Gasteiger partial charge in [-0.15, -0.1) is 0 Å². The number of hydrogen-bond donors (Lipinski definition) is 0. The number of morpholine rings is 1. The molecule has 0 unspecified atom stereocenters. The summed E-state index contributed by atoms with van der Waals surface area (Å²) in [5.74, 6) is 0.399. The number of carbonyl (C=O) groups is 2. The molecule has 30 heavy (non-hydrogen) atoms. The summed E-state index contributed by atoms with van der Waals surface area (Å²) in [6.45, 7) is 6.32. The van der Waals surface area contributed by atoms with E-state index in [0.717, 1.165) is 16.9 Å².